The molecule has 1 saturated heterocycles. The lowest BCUT2D eigenvalue weighted by molar-refractivity contribution is 0.0751. The van der Waals surface area contributed by atoms with Gasteiger partial charge in [-0.15, -0.1) is 0 Å². The lowest BCUT2D eigenvalue weighted by Crippen LogP contribution is -2.49. The zero-order valence-electron chi connectivity index (χ0n) is 10.9. The topological polar surface area (TPSA) is 50.3 Å². The number of nitrogens with zero attached hydrogens (tertiary/aromatic N) is 2. The Morgan fingerprint density at radius 3 is 2.44 bits per heavy atom. The van der Waals surface area contributed by atoms with E-state index in [2.05, 4.69) is 4.98 Å². The van der Waals surface area contributed by atoms with E-state index in [1.807, 2.05) is 26.8 Å². The SMILES string of the molecule is Cc1ccc(C(=O)N2CC(C)S(=O)C(C)C2)cn1. The third-order valence-electron chi connectivity index (χ3n) is 3.19. The largest absolute Gasteiger partial charge is 0.336 e. The Morgan fingerprint density at radius 1 is 1.33 bits per heavy atom. The predicted molar refractivity (Wildman–Crippen MR) is 71.9 cm³/mol. The van der Waals surface area contributed by atoms with Gasteiger partial charge in [0.1, 0.15) is 0 Å². The van der Waals surface area contributed by atoms with Gasteiger partial charge in [-0.05, 0) is 32.9 Å². The van der Waals surface area contributed by atoms with E-state index in [0.29, 0.717) is 18.7 Å². The molecule has 4 nitrogen and oxygen atoms in total. The molecular formula is C13H18N2O2S. The number of pyridine rings is 1. The number of aromatic nitrogens is 1. The average Bonchev–Trinajstić information content (AvgIpc) is 2.35. The maximum absolute atomic E-state index is 12.3. The van der Waals surface area contributed by atoms with Crippen LogP contribution < -0.4 is 0 Å². The number of hydrogen-bond donors (Lipinski definition) is 0. The molecule has 1 amide bonds. The van der Waals surface area contributed by atoms with Gasteiger partial charge in [-0.1, -0.05) is 0 Å². The Morgan fingerprint density at radius 2 is 1.94 bits per heavy atom. The van der Waals surface area contributed by atoms with Gasteiger partial charge >= 0.3 is 0 Å². The summed E-state index contributed by atoms with van der Waals surface area (Å²) in [5, 5.41) is 0.0761. The molecule has 2 unspecified atom stereocenters. The van der Waals surface area contributed by atoms with Crippen LogP contribution >= 0.6 is 0 Å². The fourth-order valence-corrected chi connectivity index (χ4v) is 3.63. The van der Waals surface area contributed by atoms with Crippen molar-refractivity contribution in [2.24, 2.45) is 0 Å². The van der Waals surface area contributed by atoms with Crippen molar-refractivity contribution in [1.82, 2.24) is 9.88 Å². The normalized spacial score (nSPS) is 28.2. The molecule has 1 aromatic rings. The minimum Gasteiger partial charge on any atom is -0.336 e. The molecule has 1 aliphatic rings. The van der Waals surface area contributed by atoms with Crippen LogP contribution in [-0.4, -0.2) is 43.6 Å². The maximum Gasteiger partial charge on any atom is 0.255 e. The minimum absolute atomic E-state index is 0.0158. The zero-order chi connectivity index (χ0) is 13.3. The minimum atomic E-state index is -0.837. The Hall–Kier alpha value is -1.23. The first kappa shape index (κ1) is 13.2. The van der Waals surface area contributed by atoms with Crippen LogP contribution in [-0.2, 0) is 10.8 Å². The van der Waals surface area contributed by atoms with Crippen molar-refractivity contribution in [2.45, 2.75) is 31.3 Å². The van der Waals surface area contributed by atoms with Crippen molar-refractivity contribution in [1.29, 1.82) is 0 Å². The van der Waals surface area contributed by atoms with Crippen molar-refractivity contribution >= 4 is 16.7 Å². The monoisotopic (exact) mass is 266 g/mol. The van der Waals surface area contributed by atoms with E-state index in [0.717, 1.165) is 5.69 Å². The molecule has 5 heteroatoms. The quantitative estimate of drug-likeness (QED) is 0.771. The van der Waals surface area contributed by atoms with Gasteiger partial charge in [-0.3, -0.25) is 14.0 Å². The smallest absolute Gasteiger partial charge is 0.255 e. The van der Waals surface area contributed by atoms with Crippen molar-refractivity contribution in [2.75, 3.05) is 13.1 Å². The highest BCUT2D eigenvalue weighted by atomic mass is 32.2. The Kier molecular flexibility index (Phi) is 3.80. The highest BCUT2D eigenvalue weighted by Gasteiger charge is 2.31. The van der Waals surface area contributed by atoms with E-state index in [4.69, 9.17) is 0 Å². The highest BCUT2D eigenvalue weighted by molar-refractivity contribution is 7.86. The summed E-state index contributed by atoms with van der Waals surface area (Å²) in [6.07, 6.45) is 1.61. The van der Waals surface area contributed by atoms with Crippen LogP contribution in [0.1, 0.15) is 29.9 Å². The van der Waals surface area contributed by atoms with Crippen molar-refractivity contribution < 1.29 is 9.00 Å². The first-order valence-corrected chi connectivity index (χ1v) is 7.38. The van der Waals surface area contributed by atoms with E-state index < -0.39 is 10.8 Å². The molecule has 0 saturated carbocycles. The third kappa shape index (κ3) is 2.61. The summed E-state index contributed by atoms with van der Waals surface area (Å²) in [5.41, 5.74) is 1.50. The van der Waals surface area contributed by atoms with Crippen molar-refractivity contribution in [3.8, 4) is 0 Å². The molecule has 0 spiro atoms. The Bertz CT molecular complexity index is 458. The van der Waals surface area contributed by atoms with Crippen LogP contribution in [0.3, 0.4) is 0 Å². The van der Waals surface area contributed by atoms with Gasteiger partial charge < -0.3 is 4.90 Å². The van der Waals surface area contributed by atoms with Gasteiger partial charge in [-0.25, -0.2) is 0 Å². The second-order valence-electron chi connectivity index (χ2n) is 4.85. The summed E-state index contributed by atoms with van der Waals surface area (Å²) in [5.74, 6) is -0.0158. The molecule has 1 aromatic heterocycles. The fourth-order valence-electron chi connectivity index (χ4n) is 2.18. The van der Waals surface area contributed by atoms with Gasteiger partial charge in [0, 0.05) is 46.3 Å². The summed E-state index contributed by atoms with van der Waals surface area (Å²) >= 11 is 0. The van der Waals surface area contributed by atoms with E-state index in [1.165, 1.54) is 0 Å². The van der Waals surface area contributed by atoms with Gasteiger partial charge in [0.25, 0.3) is 5.91 Å². The van der Waals surface area contributed by atoms with E-state index in [1.54, 1.807) is 17.2 Å². The molecule has 0 aromatic carbocycles. The van der Waals surface area contributed by atoms with Crippen LogP contribution in [0.2, 0.25) is 0 Å². The van der Waals surface area contributed by atoms with Crippen molar-refractivity contribution in [3.63, 3.8) is 0 Å². The average molecular weight is 266 g/mol. The summed E-state index contributed by atoms with van der Waals surface area (Å²) in [6.45, 7) is 6.87. The Labute approximate surface area is 110 Å². The molecule has 0 N–H and O–H groups in total. The summed E-state index contributed by atoms with van der Waals surface area (Å²) < 4.78 is 11.8. The highest BCUT2D eigenvalue weighted by Crippen LogP contribution is 2.17. The molecule has 18 heavy (non-hydrogen) atoms. The zero-order valence-corrected chi connectivity index (χ0v) is 11.7. The summed E-state index contributed by atoms with van der Waals surface area (Å²) in [6, 6.07) is 3.63. The molecular weight excluding hydrogens is 248 g/mol. The van der Waals surface area contributed by atoms with Crippen LogP contribution in [0, 0.1) is 6.92 Å². The summed E-state index contributed by atoms with van der Waals surface area (Å²) in [7, 11) is -0.837. The van der Waals surface area contributed by atoms with Gasteiger partial charge in [0.2, 0.25) is 0 Å². The number of hydrogen-bond acceptors (Lipinski definition) is 3. The first-order valence-electron chi connectivity index (χ1n) is 6.10. The van der Waals surface area contributed by atoms with Gasteiger partial charge in [0.15, 0.2) is 0 Å². The molecule has 0 radical (unpaired) electrons. The van der Waals surface area contributed by atoms with Gasteiger partial charge in [0.05, 0.1) is 5.56 Å². The standard InChI is InChI=1S/C13H18N2O2S/c1-9-4-5-12(6-14-9)13(16)15-7-10(2)18(17)11(3)8-15/h4-6,10-11H,7-8H2,1-3H3. The number of aryl methyl sites for hydroxylation is 1. The van der Waals surface area contributed by atoms with Crippen molar-refractivity contribution in [3.05, 3.63) is 29.6 Å². The molecule has 2 atom stereocenters. The lowest BCUT2D eigenvalue weighted by Gasteiger charge is -2.34. The number of amides is 1. The maximum atomic E-state index is 12.3. The third-order valence-corrected chi connectivity index (χ3v) is 5.08. The summed E-state index contributed by atoms with van der Waals surface area (Å²) in [4.78, 5) is 18.2. The van der Waals surface area contributed by atoms with E-state index in [-0.39, 0.29) is 16.4 Å². The fraction of sp³-hybridized carbons (Fsp3) is 0.538. The van der Waals surface area contributed by atoms with Gasteiger partial charge in [-0.2, -0.15) is 0 Å². The lowest BCUT2D eigenvalue weighted by atomic mass is 10.2. The molecule has 1 aliphatic heterocycles. The van der Waals surface area contributed by atoms with Crippen LogP contribution in [0.5, 0.6) is 0 Å². The second-order valence-corrected chi connectivity index (χ2v) is 7.11. The number of carbonyl (C=O) groups is 1. The molecule has 98 valence electrons. The van der Waals surface area contributed by atoms with E-state index in [9.17, 15) is 9.00 Å². The number of carbonyl (C=O) groups excluding carboxylic acids is 1. The predicted octanol–water partition coefficient (Wildman–Crippen LogP) is 1.37. The number of rotatable bonds is 1. The van der Waals surface area contributed by atoms with Crippen LogP contribution in [0.4, 0.5) is 0 Å². The second kappa shape index (κ2) is 5.18. The Balaban J connectivity index is 2.14. The molecule has 2 rings (SSSR count). The molecule has 0 aliphatic carbocycles. The van der Waals surface area contributed by atoms with E-state index >= 15 is 0 Å². The molecule has 0 bridgehead atoms. The first-order chi connectivity index (χ1) is 8.49. The van der Waals surface area contributed by atoms with Crippen LogP contribution in [0.25, 0.3) is 0 Å². The molecule has 1 fully saturated rings. The van der Waals surface area contributed by atoms with Crippen LogP contribution in [0.15, 0.2) is 18.3 Å². The molecule has 2 heterocycles.